The maximum atomic E-state index is 5.37. The first kappa shape index (κ1) is 17.9. The molecule has 1 rings (SSSR count). The Labute approximate surface area is 135 Å². The quantitative estimate of drug-likeness (QED) is 0.784. The van der Waals surface area contributed by atoms with Gasteiger partial charge in [-0.25, -0.2) is 0 Å². The van der Waals surface area contributed by atoms with Crippen molar-refractivity contribution in [2.45, 2.75) is 53.6 Å². The van der Waals surface area contributed by atoms with Gasteiger partial charge >= 0.3 is 0 Å². The second kappa shape index (κ2) is 8.35. The molecule has 0 aliphatic heterocycles. The molecule has 0 saturated carbocycles. The molecule has 2 N–H and O–H groups in total. The fourth-order valence-electron chi connectivity index (χ4n) is 2.63. The van der Waals surface area contributed by atoms with Gasteiger partial charge in [0.25, 0.3) is 0 Å². The van der Waals surface area contributed by atoms with Crippen LogP contribution in [0.3, 0.4) is 0 Å². The maximum absolute atomic E-state index is 5.37. The van der Waals surface area contributed by atoms with E-state index in [1.165, 1.54) is 11.1 Å². The summed E-state index contributed by atoms with van der Waals surface area (Å²) in [6.45, 7) is 14.9. The van der Waals surface area contributed by atoms with E-state index in [1.807, 2.05) is 0 Å². The van der Waals surface area contributed by atoms with Gasteiger partial charge in [-0.2, -0.15) is 0 Å². The number of thiocarbonyl (C=S) groups is 1. The first-order valence-corrected chi connectivity index (χ1v) is 8.09. The molecule has 0 unspecified atom stereocenters. The highest BCUT2D eigenvalue weighted by Gasteiger charge is 2.12. The van der Waals surface area contributed by atoms with Crippen LogP contribution >= 0.6 is 12.2 Å². The highest BCUT2D eigenvalue weighted by atomic mass is 32.1. The van der Waals surface area contributed by atoms with Gasteiger partial charge in [-0.05, 0) is 77.0 Å². The van der Waals surface area contributed by atoms with Crippen LogP contribution in [0.25, 0.3) is 0 Å². The van der Waals surface area contributed by atoms with E-state index in [4.69, 9.17) is 12.2 Å². The number of hydrogen-bond acceptors (Lipinski definition) is 2. The fourth-order valence-corrected chi connectivity index (χ4v) is 2.85. The smallest absolute Gasteiger partial charge is 0.170 e. The van der Waals surface area contributed by atoms with Crippen molar-refractivity contribution < 1.29 is 0 Å². The molecule has 1 aromatic rings. The average molecular weight is 308 g/mol. The van der Waals surface area contributed by atoms with Crippen molar-refractivity contribution in [1.29, 1.82) is 0 Å². The molecule has 0 heterocycles. The van der Waals surface area contributed by atoms with Crippen LogP contribution in [0.2, 0.25) is 0 Å². The van der Waals surface area contributed by atoms with Gasteiger partial charge in [-0.3, -0.25) is 4.90 Å². The lowest BCUT2D eigenvalue weighted by Crippen LogP contribution is -2.43. The van der Waals surface area contributed by atoms with Gasteiger partial charge in [-0.1, -0.05) is 6.07 Å². The molecule has 0 bridgehead atoms. The summed E-state index contributed by atoms with van der Waals surface area (Å²) in [7, 11) is 0. The number of aryl methyl sites for hydroxylation is 2. The first-order valence-electron chi connectivity index (χ1n) is 7.68. The summed E-state index contributed by atoms with van der Waals surface area (Å²) < 4.78 is 0. The highest BCUT2D eigenvalue weighted by molar-refractivity contribution is 7.80. The summed E-state index contributed by atoms with van der Waals surface area (Å²) in [4.78, 5) is 2.45. The van der Waals surface area contributed by atoms with Crippen molar-refractivity contribution >= 4 is 23.0 Å². The van der Waals surface area contributed by atoms with Gasteiger partial charge < -0.3 is 10.6 Å². The van der Waals surface area contributed by atoms with Gasteiger partial charge in [0.15, 0.2) is 5.11 Å². The standard InChI is InChI=1S/C17H29N3S/c1-12(2)20(13(3)4)8-7-18-17(21)19-16-10-14(5)9-15(6)11-16/h9-13H,7-8H2,1-6H3,(H2,18,19,21). The monoisotopic (exact) mass is 307 g/mol. The zero-order valence-electron chi connectivity index (χ0n) is 14.2. The third kappa shape index (κ3) is 6.44. The number of anilines is 1. The zero-order valence-corrected chi connectivity index (χ0v) is 15.0. The number of rotatable bonds is 6. The Morgan fingerprint density at radius 3 is 2.05 bits per heavy atom. The second-order valence-electron chi connectivity index (χ2n) is 6.18. The third-order valence-corrected chi connectivity index (χ3v) is 3.71. The minimum Gasteiger partial charge on any atom is -0.361 e. The lowest BCUT2D eigenvalue weighted by atomic mass is 10.1. The van der Waals surface area contributed by atoms with E-state index in [0.29, 0.717) is 17.2 Å². The molecule has 0 atom stereocenters. The zero-order chi connectivity index (χ0) is 16.0. The van der Waals surface area contributed by atoms with E-state index in [9.17, 15) is 0 Å². The Bertz CT molecular complexity index is 441. The lowest BCUT2D eigenvalue weighted by Gasteiger charge is -2.30. The van der Waals surface area contributed by atoms with Crippen LogP contribution in [0.15, 0.2) is 18.2 Å². The number of hydrogen-bond donors (Lipinski definition) is 2. The molecular formula is C17H29N3S. The summed E-state index contributed by atoms with van der Waals surface area (Å²) in [6.07, 6.45) is 0. The fraction of sp³-hybridized carbons (Fsp3) is 0.588. The molecule has 0 aliphatic carbocycles. The molecule has 0 radical (unpaired) electrons. The van der Waals surface area contributed by atoms with E-state index in [1.54, 1.807) is 0 Å². The second-order valence-corrected chi connectivity index (χ2v) is 6.59. The Balaban J connectivity index is 2.44. The molecule has 0 fully saturated rings. The summed E-state index contributed by atoms with van der Waals surface area (Å²) in [5.74, 6) is 0. The van der Waals surface area contributed by atoms with E-state index in [2.05, 4.69) is 75.3 Å². The van der Waals surface area contributed by atoms with Crippen molar-refractivity contribution in [2.75, 3.05) is 18.4 Å². The molecule has 3 nitrogen and oxygen atoms in total. The molecule has 0 amide bonds. The molecule has 1 aromatic carbocycles. The molecule has 0 aliphatic rings. The van der Waals surface area contributed by atoms with Crippen molar-refractivity contribution in [3.05, 3.63) is 29.3 Å². The summed E-state index contributed by atoms with van der Waals surface area (Å²) in [5.41, 5.74) is 3.53. The molecule has 21 heavy (non-hydrogen) atoms. The number of nitrogens with one attached hydrogen (secondary N) is 2. The van der Waals surface area contributed by atoms with Crippen LogP contribution in [0.4, 0.5) is 5.69 Å². The topological polar surface area (TPSA) is 27.3 Å². The Morgan fingerprint density at radius 1 is 1.05 bits per heavy atom. The Kier molecular flexibility index (Phi) is 7.12. The predicted molar refractivity (Wildman–Crippen MR) is 97.1 cm³/mol. The summed E-state index contributed by atoms with van der Waals surface area (Å²) >= 11 is 5.37. The summed E-state index contributed by atoms with van der Waals surface area (Å²) in [6, 6.07) is 7.47. The molecule has 0 aromatic heterocycles. The highest BCUT2D eigenvalue weighted by Crippen LogP contribution is 2.13. The third-order valence-electron chi connectivity index (χ3n) is 3.46. The molecule has 118 valence electrons. The van der Waals surface area contributed by atoms with Crippen LogP contribution < -0.4 is 10.6 Å². The SMILES string of the molecule is Cc1cc(C)cc(NC(=S)NCCN(C(C)C)C(C)C)c1. The molecule has 4 heteroatoms. The van der Waals surface area contributed by atoms with Crippen LogP contribution in [0.5, 0.6) is 0 Å². The molecular weight excluding hydrogens is 278 g/mol. The van der Waals surface area contributed by atoms with E-state index in [0.717, 1.165) is 18.8 Å². The van der Waals surface area contributed by atoms with Gasteiger partial charge in [0.1, 0.15) is 0 Å². The lowest BCUT2D eigenvalue weighted by molar-refractivity contribution is 0.178. The minimum absolute atomic E-state index is 0.549. The average Bonchev–Trinajstić information content (AvgIpc) is 2.32. The van der Waals surface area contributed by atoms with Gasteiger partial charge in [-0.15, -0.1) is 0 Å². The van der Waals surface area contributed by atoms with E-state index < -0.39 is 0 Å². The number of nitrogens with zero attached hydrogens (tertiary/aromatic N) is 1. The largest absolute Gasteiger partial charge is 0.361 e. The van der Waals surface area contributed by atoms with E-state index in [-0.39, 0.29) is 0 Å². The van der Waals surface area contributed by atoms with Crippen LogP contribution in [0.1, 0.15) is 38.8 Å². The Morgan fingerprint density at radius 2 is 1.57 bits per heavy atom. The predicted octanol–water partition coefficient (Wildman–Crippen LogP) is 3.71. The van der Waals surface area contributed by atoms with Crippen LogP contribution in [-0.4, -0.2) is 35.2 Å². The number of benzene rings is 1. The summed E-state index contributed by atoms with van der Waals surface area (Å²) in [5, 5.41) is 7.23. The van der Waals surface area contributed by atoms with Gasteiger partial charge in [0.2, 0.25) is 0 Å². The first-order chi connectivity index (χ1) is 9.79. The van der Waals surface area contributed by atoms with Crippen molar-refractivity contribution in [3.63, 3.8) is 0 Å². The van der Waals surface area contributed by atoms with Crippen molar-refractivity contribution in [1.82, 2.24) is 10.2 Å². The van der Waals surface area contributed by atoms with Crippen LogP contribution in [-0.2, 0) is 0 Å². The van der Waals surface area contributed by atoms with E-state index >= 15 is 0 Å². The molecule has 0 saturated heterocycles. The van der Waals surface area contributed by atoms with Crippen LogP contribution in [0, 0.1) is 13.8 Å². The maximum Gasteiger partial charge on any atom is 0.170 e. The molecule has 0 spiro atoms. The van der Waals surface area contributed by atoms with Crippen molar-refractivity contribution in [2.24, 2.45) is 0 Å². The Hall–Kier alpha value is -1.13. The van der Waals surface area contributed by atoms with Crippen molar-refractivity contribution in [3.8, 4) is 0 Å². The van der Waals surface area contributed by atoms with Gasteiger partial charge in [0.05, 0.1) is 0 Å². The normalized spacial score (nSPS) is 11.3. The van der Waals surface area contributed by atoms with Gasteiger partial charge in [0, 0.05) is 30.9 Å². The minimum atomic E-state index is 0.549.